The minimum atomic E-state index is -3.87. The fourth-order valence-electron chi connectivity index (χ4n) is 0.627. The average Bonchev–Trinajstić information content (AvgIpc) is 2.27. The second-order valence-electron chi connectivity index (χ2n) is 5.44. The summed E-state index contributed by atoms with van der Waals surface area (Å²) >= 11 is 0. The van der Waals surface area contributed by atoms with E-state index in [1.807, 2.05) is 20.8 Å². The number of hydrogen-bond donors (Lipinski definition) is 2. The summed E-state index contributed by atoms with van der Waals surface area (Å²) in [6.45, 7) is 10.6. The molecule has 0 amide bonds. The van der Waals surface area contributed by atoms with Gasteiger partial charge < -0.3 is 14.5 Å². The first-order valence-electron chi connectivity index (χ1n) is 5.99. The molecule has 116 valence electrons. The van der Waals surface area contributed by atoms with E-state index >= 15 is 0 Å². The van der Waals surface area contributed by atoms with Gasteiger partial charge in [0.2, 0.25) is 0 Å². The van der Waals surface area contributed by atoms with Gasteiger partial charge in [0, 0.05) is 65.4 Å². The quantitative estimate of drug-likeness (QED) is 0.498. The summed E-state index contributed by atoms with van der Waals surface area (Å²) in [5, 5.41) is -0.854. The number of hydrogen-bond acceptors (Lipinski definition) is 3. The van der Waals surface area contributed by atoms with Crippen LogP contribution in [0.2, 0.25) is 0 Å². The molecule has 2 radical (unpaired) electrons. The van der Waals surface area contributed by atoms with Crippen LogP contribution in [0.15, 0.2) is 0 Å². The summed E-state index contributed by atoms with van der Waals surface area (Å²) < 4.78 is 15.1. The van der Waals surface area contributed by atoms with E-state index in [9.17, 15) is 9.36 Å². The Morgan fingerprint density at radius 2 is 1.40 bits per heavy atom. The van der Waals surface area contributed by atoms with Gasteiger partial charge in [-0.2, -0.15) is 0 Å². The summed E-state index contributed by atoms with van der Waals surface area (Å²) in [6.07, 6.45) is 1.32. The zero-order valence-electron chi connectivity index (χ0n) is 13.6. The van der Waals surface area contributed by atoms with Crippen LogP contribution in [0.5, 0.6) is 0 Å². The molecular weight excluding hydrogens is 433 g/mol. The van der Waals surface area contributed by atoms with Crippen molar-refractivity contribution >= 4 is 13.6 Å². The Morgan fingerprint density at radius 1 is 1.05 bits per heavy atom. The van der Waals surface area contributed by atoms with Crippen LogP contribution in [-0.4, -0.2) is 28.0 Å². The predicted octanol–water partition coefficient (Wildman–Crippen LogP) is 2.94. The van der Waals surface area contributed by atoms with E-state index < -0.39 is 12.8 Å². The van der Waals surface area contributed by atoms with E-state index in [0.29, 0.717) is 6.42 Å². The van der Waals surface area contributed by atoms with Crippen molar-refractivity contribution in [1.29, 1.82) is 0 Å². The van der Waals surface area contributed by atoms with Crippen molar-refractivity contribution in [1.82, 2.24) is 0 Å². The molecule has 0 fully saturated rings. The molecule has 5 nitrogen and oxygen atoms in total. The molecule has 2 N–H and O–H groups in total. The fourth-order valence-corrected chi connectivity index (χ4v) is 1.04. The molecule has 0 heterocycles. The Balaban J connectivity index is -0.000000116. The van der Waals surface area contributed by atoms with Crippen LogP contribution in [-0.2, 0) is 79.5 Å². The van der Waals surface area contributed by atoms with E-state index in [-0.39, 0.29) is 76.8 Å². The van der Waals surface area contributed by atoms with Gasteiger partial charge in [-0.3, -0.25) is 9.36 Å². The molecule has 0 bridgehead atoms. The van der Waals surface area contributed by atoms with Gasteiger partial charge in [-0.25, -0.2) is 0 Å². The number of carbonyl (C=O) groups is 1. The van der Waals surface area contributed by atoms with E-state index in [0.717, 1.165) is 6.42 Å². The van der Waals surface area contributed by atoms with Gasteiger partial charge in [-0.1, -0.05) is 13.8 Å². The molecule has 0 aromatic rings. The van der Waals surface area contributed by atoms with Crippen LogP contribution in [0.25, 0.3) is 0 Å². The normalized spacial score (nSPS) is 11.2. The van der Waals surface area contributed by atoms with Crippen LogP contribution < -0.4 is 0 Å². The fraction of sp³-hybridized carbons (Fsp3) is 0.917. The van der Waals surface area contributed by atoms with Crippen molar-refractivity contribution in [3.05, 3.63) is 0 Å². The SMILES string of the molecule is CCC(C)(C)C(=O)OC.CCC(C)(C)P(=O)(O)O.[Y].[Y]. The van der Waals surface area contributed by atoms with Gasteiger partial charge >= 0.3 is 13.6 Å². The maximum atomic E-state index is 10.8. The standard InChI is InChI=1S/C7H14O2.C5H13O3P.2Y/c1-5-7(2,3)6(8)9-4;1-4-5(2,3)9(6,7)8;;/h5H2,1-4H3;4H2,1-3H3,(H2,6,7,8);;. The van der Waals surface area contributed by atoms with E-state index in [1.165, 1.54) is 7.11 Å². The first-order valence-corrected chi connectivity index (χ1v) is 7.61. The monoisotopic (exact) mass is 460 g/mol. The van der Waals surface area contributed by atoms with Gasteiger partial charge in [-0.05, 0) is 40.5 Å². The third-order valence-electron chi connectivity index (χ3n) is 3.28. The number of ether oxygens (including phenoxy) is 1. The van der Waals surface area contributed by atoms with E-state index in [4.69, 9.17) is 9.79 Å². The molecule has 0 aliphatic carbocycles. The number of carbonyl (C=O) groups excluding carboxylic acids is 1. The molecule has 0 saturated carbocycles. The first kappa shape index (κ1) is 29.8. The number of rotatable bonds is 4. The summed E-state index contributed by atoms with van der Waals surface area (Å²) in [5.74, 6) is -0.134. The minimum Gasteiger partial charge on any atom is -0.469 e. The van der Waals surface area contributed by atoms with Gasteiger partial charge in [0.1, 0.15) is 0 Å². The van der Waals surface area contributed by atoms with Crippen molar-refractivity contribution in [3.63, 3.8) is 0 Å². The molecule has 0 unspecified atom stereocenters. The molecule has 0 rings (SSSR count). The Morgan fingerprint density at radius 3 is 1.45 bits per heavy atom. The van der Waals surface area contributed by atoms with Crippen LogP contribution in [0.4, 0.5) is 0 Å². The van der Waals surface area contributed by atoms with Crippen LogP contribution >= 0.6 is 7.60 Å². The zero-order valence-corrected chi connectivity index (χ0v) is 20.2. The zero-order chi connectivity index (χ0) is 15.2. The molecule has 0 saturated heterocycles. The van der Waals surface area contributed by atoms with Crippen LogP contribution in [0.3, 0.4) is 0 Å². The predicted molar refractivity (Wildman–Crippen MR) is 72.5 cm³/mol. The van der Waals surface area contributed by atoms with Crippen molar-refractivity contribution in [2.24, 2.45) is 5.41 Å². The van der Waals surface area contributed by atoms with Gasteiger partial charge in [0.05, 0.1) is 17.7 Å². The van der Waals surface area contributed by atoms with Crippen LogP contribution in [0.1, 0.15) is 54.4 Å². The summed E-state index contributed by atoms with van der Waals surface area (Å²) in [4.78, 5) is 28.2. The second-order valence-corrected chi connectivity index (χ2v) is 7.74. The maximum Gasteiger partial charge on any atom is 0.331 e. The Labute approximate surface area is 173 Å². The Bertz CT molecular complexity index is 313. The minimum absolute atomic E-state index is 0. The number of methoxy groups -OCH3 is 1. The van der Waals surface area contributed by atoms with Gasteiger partial charge in [0.25, 0.3) is 0 Å². The molecule has 0 aromatic heterocycles. The van der Waals surface area contributed by atoms with Gasteiger partial charge in [0.15, 0.2) is 0 Å². The Kier molecular flexibility index (Phi) is 18.3. The van der Waals surface area contributed by atoms with Crippen LogP contribution in [0, 0.1) is 5.41 Å². The summed E-state index contributed by atoms with van der Waals surface area (Å²) in [7, 11) is -2.45. The molecule has 0 aliphatic heterocycles. The third kappa shape index (κ3) is 11.4. The molecule has 0 aromatic carbocycles. The van der Waals surface area contributed by atoms with Crippen molar-refractivity contribution in [2.75, 3.05) is 7.11 Å². The topological polar surface area (TPSA) is 83.8 Å². The summed E-state index contributed by atoms with van der Waals surface area (Å²) in [5.41, 5.74) is -0.311. The smallest absolute Gasteiger partial charge is 0.331 e. The molecule has 0 spiro atoms. The molecule has 0 atom stereocenters. The van der Waals surface area contributed by atoms with E-state index in [2.05, 4.69) is 4.74 Å². The number of esters is 1. The molecule has 8 heteroatoms. The van der Waals surface area contributed by atoms with Crippen molar-refractivity contribution in [2.45, 2.75) is 59.5 Å². The summed E-state index contributed by atoms with van der Waals surface area (Å²) in [6, 6.07) is 0. The van der Waals surface area contributed by atoms with E-state index in [1.54, 1.807) is 20.8 Å². The largest absolute Gasteiger partial charge is 0.469 e. The molecule has 0 aliphatic rings. The molecular formula is C12H27O5PY2. The third-order valence-corrected chi connectivity index (χ3v) is 5.17. The maximum absolute atomic E-state index is 10.8. The van der Waals surface area contributed by atoms with Crippen molar-refractivity contribution in [3.8, 4) is 0 Å². The Hall–Kier alpha value is 1.83. The second kappa shape index (κ2) is 12.3. The van der Waals surface area contributed by atoms with Gasteiger partial charge in [-0.15, -0.1) is 0 Å². The molecule has 20 heavy (non-hydrogen) atoms. The first-order chi connectivity index (χ1) is 7.85. The van der Waals surface area contributed by atoms with Crippen molar-refractivity contribution < 1.29 is 89.3 Å². The average molecular weight is 460 g/mol.